The lowest BCUT2D eigenvalue weighted by Gasteiger charge is -2.13. The molecule has 4 rings (SSSR count). The summed E-state index contributed by atoms with van der Waals surface area (Å²) in [6.45, 7) is 0.236. The van der Waals surface area contributed by atoms with Gasteiger partial charge in [0, 0.05) is 5.69 Å². The van der Waals surface area contributed by atoms with E-state index in [-0.39, 0.29) is 29.6 Å². The van der Waals surface area contributed by atoms with Crippen molar-refractivity contribution < 1.29 is 9.18 Å². The van der Waals surface area contributed by atoms with Crippen LogP contribution in [-0.4, -0.2) is 21.2 Å². The molecule has 1 aromatic heterocycles. The lowest BCUT2D eigenvalue weighted by atomic mass is 10.2. The molecule has 1 amide bonds. The Morgan fingerprint density at radius 1 is 0.967 bits per heavy atom. The molecular weight excluding hydrogens is 401 g/mol. The fourth-order valence-electron chi connectivity index (χ4n) is 3.02. The van der Waals surface area contributed by atoms with Gasteiger partial charge in [-0.15, -0.1) is 0 Å². The number of fused-ring (bicyclic) bond motifs is 1. The number of thioether (sulfide) groups is 1. The van der Waals surface area contributed by atoms with Gasteiger partial charge < -0.3 is 5.32 Å². The van der Waals surface area contributed by atoms with Crippen molar-refractivity contribution in [1.82, 2.24) is 9.55 Å². The molecule has 0 saturated heterocycles. The normalized spacial score (nSPS) is 10.8. The number of para-hydroxylation sites is 2. The van der Waals surface area contributed by atoms with E-state index < -0.39 is 0 Å². The van der Waals surface area contributed by atoms with Crippen LogP contribution in [0.4, 0.5) is 10.1 Å². The average molecular weight is 419 g/mol. The first-order valence-electron chi connectivity index (χ1n) is 9.32. The molecule has 0 spiro atoms. The van der Waals surface area contributed by atoms with Crippen LogP contribution < -0.4 is 10.9 Å². The summed E-state index contributed by atoms with van der Waals surface area (Å²) in [7, 11) is 0. The third kappa shape index (κ3) is 4.58. The smallest absolute Gasteiger partial charge is 0.262 e. The second-order valence-electron chi connectivity index (χ2n) is 6.63. The fourth-order valence-corrected chi connectivity index (χ4v) is 3.82. The molecule has 0 radical (unpaired) electrons. The first kappa shape index (κ1) is 19.8. The first-order chi connectivity index (χ1) is 14.6. The summed E-state index contributed by atoms with van der Waals surface area (Å²) in [5, 5.41) is 3.76. The van der Waals surface area contributed by atoms with Crippen molar-refractivity contribution in [3.63, 3.8) is 0 Å². The van der Waals surface area contributed by atoms with Crippen LogP contribution in [0.2, 0.25) is 0 Å². The van der Waals surface area contributed by atoms with Gasteiger partial charge in [0.1, 0.15) is 5.82 Å². The Morgan fingerprint density at radius 3 is 2.43 bits per heavy atom. The third-order valence-corrected chi connectivity index (χ3v) is 5.45. The maximum absolute atomic E-state index is 13.3. The van der Waals surface area contributed by atoms with Gasteiger partial charge in [-0.1, -0.05) is 54.2 Å². The standard InChI is InChI=1S/C23H18FN3O2S/c24-17-12-10-16(11-13-17)14-27-22(29)19-8-4-5-9-20(19)26-23(27)30-15-21(28)25-18-6-2-1-3-7-18/h1-13H,14-15H2,(H,25,28). The van der Waals surface area contributed by atoms with Gasteiger partial charge in [0.15, 0.2) is 5.16 Å². The summed E-state index contributed by atoms with van der Waals surface area (Å²) in [4.78, 5) is 30.0. The molecule has 0 aliphatic carbocycles. The Morgan fingerprint density at radius 2 is 1.67 bits per heavy atom. The minimum Gasteiger partial charge on any atom is -0.325 e. The zero-order chi connectivity index (χ0) is 20.9. The Bertz CT molecular complexity index is 1240. The van der Waals surface area contributed by atoms with Gasteiger partial charge in [-0.3, -0.25) is 14.2 Å². The van der Waals surface area contributed by atoms with Crippen molar-refractivity contribution in [2.75, 3.05) is 11.1 Å². The highest BCUT2D eigenvalue weighted by atomic mass is 32.2. The van der Waals surface area contributed by atoms with E-state index in [0.29, 0.717) is 21.7 Å². The van der Waals surface area contributed by atoms with Gasteiger partial charge in [-0.2, -0.15) is 0 Å². The predicted octanol–water partition coefficient (Wildman–Crippen LogP) is 4.31. The molecule has 150 valence electrons. The van der Waals surface area contributed by atoms with Crippen LogP contribution in [-0.2, 0) is 11.3 Å². The van der Waals surface area contributed by atoms with Crippen LogP contribution in [0, 0.1) is 5.82 Å². The summed E-state index contributed by atoms with van der Waals surface area (Å²) in [5.41, 5.74) is 1.85. The van der Waals surface area contributed by atoms with E-state index >= 15 is 0 Å². The molecule has 5 nitrogen and oxygen atoms in total. The fraction of sp³-hybridized carbons (Fsp3) is 0.0870. The summed E-state index contributed by atoms with van der Waals surface area (Å²) < 4.78 is 14.8. The zero-order valence-corrected chi connectivity index (χ0v) is 16.7. The molecule has 4 aromatic rings. The number of carbonyl (C=O) groups is 1. The van der Waals surface area contributed by atoms with Crippen LogP contribution in [0.5, 0.6) is 0 Å². The number of aromatic nitrogens is 2. The number of halogens is 1. The van der Waals surface area contributed by atoms with Gasteiger partial charge in [0.05, 0.1) is 23.2 Å². The number of carbonyl (C=O) groups excluding carboxylic acids is 1. The number of benzene rings is 3. The van der Waals surface area contributed by atoms with Crippen molar-refractivity contribution >= 4 is 34.3 Å². The molecule has 1 N–H and O–H groups in total. The molecule has 3 aromatic carbocycles. The topological polar surface area (TPSA) is 64.0 Å². The molecule has 1 heterocycles. The van der Waals surface area contributed by atoms with Crippen molar-refractivity contribution in [3.05, 3.63) is 101 Å². The minimum atomic E-state index is -0.338. The van der Waals surface area contributed by atoms with Crippen LogP contribution in [0.15, 0.2) is 88.8 Å². The molecule has 7 heteroatoms. The lowest BCUT2D eigenvalue weighted by molar-refractivity contribution is -0.113. The number of nitrogens with zero attached hydrogens (tertiary/aromatic N) is 2. The van der Waals surface area contributed by atoms with Crippen LogP contribution >= 0.6 is 11.8 Å². The van der Waals surface area contributed by atoms with Crippen LogP contribution in [0.3, 0.4) is 0 Å². The number of amides is 1. The highest BCUT2D eigenvalue weighted by Gasteiger charge is 2.14. The van der Waals surface area contributed by atoms with E-state index in [1.165, 1.54) is 28.5 Å². The molecule has 0 aliphatic rings. The van der Waals surface area contributed by atoms with Crippen molar-refractivity contribution in [3.8, 4) is 0 Å². The Labute approximate surface area is 176 Å². The maximum Gasteiger partial charge on any atom is 0.262 e. The SMILES string of the molecule is O=C(CSc1nc2ccccc2c(=O)n1Cc1ccc(F)cc1)Nc1ccccc1. The van der Waals surface area contributed by atoms with Gasteiger partial charge in [-0.05, 0) is 42.0 Å². The molecule has 0 saturated carbocycles. The second kappa shape index (κ2) is 8.92. The van der Waals surface area contributed by atoms with Gasteiger partial charge in [-0.25, -0.2) is 9.37 Å². The van der Waals surface area contributed by atoms with E-state index in [9.17, 15) is 14.0 Å². The average Bonchev–Trinajstić information content (AvgIpc) is 2.76. The summed E-state index contributed by atoms with van der Waals surface area (Å²) >= 11 is 1.19. The zero-order valence-electron chi connectivity index (χ0n) is 15.9. The van der Waals surface area contributed by atoms with Crippen LogP contribution in [0.25, 0.3) is 10.9 Å². The monoisotopic (exact) mass is 419 g/mol. The van der Waals surface area contributed by atoms with E-state index in [4.69, 9.17) is 0 Å². The van der Waals surface area contributed by atoms with E-state index in [0.717, 1.165) is 5.56 Å². The molecule has 30 heavy (non-hydrogen) atoms. The molecule has 0 aliphatic heterocycles. The molecule has 0 fully saturated rings. The summed E-state index contributed by atoms with van der Waals surface area (Å²) in [6, 6.07) is 22.2. The molecular formula is C23H18FN3O2S. The van der Waals surface area contributed by atoms with E-state index in [1.54, 1.807) is 42.5 Å². The number of anilines is 1. The van der Waals surface area contributed by atoms with Gasteiger partial charge in [0.2, 0.25) is 5.91 Å². The first-order valence-corrected chi connectivity index (χ1v) is 10.3. The third-order valence-electron chi connectivity index (χ3n) is 4.47. The van der Waals surface area contributed by atoms with E-state index in [2.05, 4.69) is 10.3 Å². The lowest BCUT2D eigenvalue weighted by Crippen LogP contribution is -2.25. The van der Waals surface area contributed by atoms with Crippen molar-refractivity contribution in [2.24, 2.45) is 0 Å². The van der Waals surface area contributed by atoms with Gasteiger partial charge >= 0.3 is 0 Å². The van der Waals surface area contributed by atoms with E-state index in [1.807, 2.05) is 24.3 Å². The number of rotatable bonds is 6. The number of hydrogen-bond acceptors (Lipinski definition) is 4. The van der Waals surface area contributed by atoms with Crippen molar-refractivity contribution in [1.29, 1.82) is 0 Å². The Hall–Kier alpha value is -3.45. The predicted molar refractivity (Wildman–Crippen MR) is 117 cm³/mol. The maximum atomic E-state index is 13.3. The molecule has 0 unspecified atom stereocenters. The Balaban J connectivity index is 1.62. The minimum absolute atomic E-state index is 0.100. The summed E-state index contributed by atoms with van der Waals surface area (Å²) in [5.74, 6) is -0.430. The largest absolute Gasteiger partial charge is 0.325 e. The summed E-state index contributed by atoms with van der Waals surface area (Å²) in [6.07, 6.45) is 0. The Kier molecular flexibility index (Phi) is 5.90. The van der Waals surface area contributed by atoms with Crippen molar-refractivity contribution in [2.45, 2.75) is 11.7 Å². The highest BCUT2D eigenvalue weighted by molar-refractivity contribution is 7.99. The highest BCUT2D eigenvalue weighted by Crippen LogP contribution is 2.19. The number of nitrogens with one attached hydrogen (secondary N) is 1. The molecule has 0 atom stereocenters. The second-order valence-corrected chi connectivity index (χ2v) is 7.57. The molecule has 0 bridgehead atoms. The van der Waals surface area contributed by atoms with Gasteiger partial charge in [0.25, 0.3) is 5.56 Å². The quantitative estimate of drug-likeness (QED) is 0.374. The number of hydrogen-bond donors (Lipinski definition) is 1. The van der Waals surface area contributed by atoms with Crippen LogP contribution in [0.1, 0.15) is 5.56 Å².